The standard InChI is InChI=1S/C62H111N11O12/c1-25-27-28-40(15)52(75)51-56(79)65-43(26-2)58(81)67(18)33-48(74)68(19)44(29-34(3)4)55(78)66-49(38(11)12)61(84)69(20)45(30-35(5)6)54(77)63-41(16)53(76)64-42(17)57(80)70(21)46(31-36(7)8)59(82)71(22)47(32-37(9)10)60(83)72(23)50(39(13)14)62(85)73(51)24/h25,27,34-47,49-52,75H,26,28-33H2,1-24H3,(H,63,77)(H,64,76)(H,65,79)(H,66,78)/b27-25+/t40-,41-,42+,43-,44+,45-,46-,47-,49-,50-,51?,52-/m1/s1. The number of hydrogen-bond donors (Lipinski definition) is 5. The van der Waals surface area contributed by atoms with E-state index < -0.39 is 156 Å². The van der Waals surface area contributed by atoms with E-state index in [1.54, 1.807) is 54.5 Å². The van der Waals surface area contributed by atoms with Crippen LogP contribution >= 0.6 is 0 Å². The molecule has 5 N–H and O–H groups in total. The molecule has 0 aromatic rings. The second kappa shape index (κ2) is 34.9. The first-order valence-electron chi connectivity index (χ1n) is 30.6. The van der Waals surface area contributed by atoms with Crippen LogP contribution < -0.4 is 21.3 Å². The van der Waals surface area contributed by atoms with Gasteiger partial charge in [0, 0.05) is 49.3 Å². The van der Waals surface area contributed by atoms with Gasteiger partial charge in [0.25, 0.3) is 0 Å². The summed E-state index contributed by atoms with van der Waals surface area (Å²) < 4.78 is 0. The number of hydrogen-bond acceptors (Lipinski definition) is 12. The molecule has 1 aliphatic rings. The Morgan fingerprint density at radius 3 is 1.32 bits per heavy atom. The summed E-state index contributed by atoms with van der Waals surface area (Å²) in [5.74, 6) is -9.71. The number of nitrogens with one attached hydrogen (secondary N) is 4. The number of carbonyl (C=O) groups is 11. The summed E-state index contributed by atoms with van der Waals surface area (Å²) in [6, 6.07) is -12.3. The molecule has 85 heavy (non-hydrogen) atoms. The van der Waals surface area contributed by atoms with E-state index in [4.69, 9.17) is 0 Å². The molecule has 0 aromatic carbocycles. The quantitative estimate of drug-likeness (QED) is 0.148. The lowest BCUT2D eigenvalue weighted by molar-refractivity contribution is -0.157. The van der Waals surface area contributed by atoms with Crippen LogP contribution in [0.4, 0.5) is 0 Å². The fourth-order valence-corrected chi connectivity index (χ4v) is 10.7. The van der Waals surface area contributed by atoms with Crippen molar-refractivity contribution in [1.82, 2.24) is 55.6 Å². The number of allylic oxidation sites excluding steroid dienone is 2. The molecule has 23 heteroatoms. The summed E-state index contributed by atoms with van der Waals surface area (Å²) in [6.45, 7) is 29.3. The normalized spacial score (nSPS) is 26.9. The van der Waals surface area contributed by atoms with E-state index in [0.29, 0.717) is 6.42 Å². The molecule has 0 spiro atoms. The Morgan fingerprint density at radius 2 is 0.871 bits per heavy atom. The van der Waals surface area contributed by atoms with Crippen molar-refractivity contribution in [2.75, 3.05) is 55.9 Å². The maximum Gasteiger partial charge on any atom is 0.246 e. The maximum absolute atomic E-state index is 15.1. The van der Waals surface area contributed by atoms with E-state index >= 15 is 9.59 Å². The van der Waals surface area contributed by atoms with Gasteiger partial charge in [-0.1, -0.05) is 109 Å². The molecule has 1 fully saturated rings. The lowest BCUT2D eigenvalue weighted by Crippen LogP contribution is -2.63. The molecule has 0 aromatic heterocycles. The van der Waals surface area contributed by atoms with Crippen molar-refractivity contribution in [2.24, 2.45) is 41.4 Å². The summed E-state index contributed by atoms with van der Waals surface area (Å²) in [6.07, 6.45) is 3.04. The van der Waals surface area contributed by atoms with E-state index in [9.17, 15) is 48.3 Å². The number of amides is 11. The second-order valence-corrected chi connectivity index (χ2v) is 26.1. The lowest BCUT2D eigenvalue weighted by Gasteiger charge is -2.41. The predicted octanol–water partition coefficient (Wildman–Crippen LogP) is 3.27. The van der Waals surface area contributed by atoms with Crippen LogP contribution in [0.2, 0.25) is 0 Å². The van der Waals surface area contributed by atoms with Crippen LogP contribution in [0.25, 0.3) is 0 Å². The molecule has 0 radical (unpaired) electrons. The Labute approximate surface area is 508 Å². The van der Waals surface area contributed by atoms with Gasteiger partial charge in [-0.05, 0) is 101 Å². The van der Waals surface area contributed by atoms with Crippen molar-refractivity contribution in [3.05, 3.63) is 12.2 Å². The minimum Gasteiger partial charge on any atom is -0.390 e. The Balaban J connectivity index is 4.32. The van der Waals surface area contributed by atoms with Gasteiger partial charge < -0.3 is 60.7 Å². The number of likely N-dealkylation sites (N-methyl/N-ethyl adjacent to an activating group) is 7. The Bertz CT molecular complexity index is 2330. The largest absolute Gasteiger partial charge is 0.390 e. The van der Waals surface area contributed by atoms with Crippen molar-refractivity contribution in [3.8, 4) is 0 Å². The zero-order chi connectivity index (χ0) is 66.0. The van der Waals surface area contributed by atoms with Gasteiger partial charge in [-0.25, -0.2) is 0 Å². The first-order chi connectivity index (χ1) is 39.2. The fourth-order valence-electron chi connectivity index (χ4n) is 10.7. The molecule has 11 amide bonds. The third-order valence-corrected chi connectivity index (χ3v) is 16.1. The second-order valence-electron chi connectivity index (χ2n) is 26.1. The van der Waals surface area contributed by atoms with Crippen molar-refractivity contribution >= 4 is 65.0 Å². The number of rotatable bonds is 15. The van der Waals surface area contributed by atoms with Gasteiger partial charge in [0.15, 0.2) is 0 Å². The zero-order valence-corrected chi connectivity index (χ0v) is 56.1. The van der Waals surface area contributed by atoms with E-state index in [0.717, 1.165) is 9.80 Å². The van der Waals surface area contributed by atoms with Crippen LogP contribution in [0.15, 0.2) is 12.2 Å². The van der Waals surface area contributed by atoms with Gasteiger partial charge in [-0.2, -0.15) is 0 Å². The summed E-state index contributed by atoms with van der Waals surface area (Å²) >= 11 is 0. The van der Waals surface area contributed by atoms with Crippen LogP contribution in [0, 0.1) is 41.4 Å². The molecule has 1 heterocycles. The first-order valence-corrected chi connectivity index (χ1v) is 30.6. The maximum atomic E-state index is 15.1. The van der Waals surface area contributed by atoms with Crippen molar-refractivity contribution in [3.63, 3.8) is 0 Å². The van der Waals surface area contributed by atoms with Crippen molar-refractivity contribution in [2.45, 2.75) is 223 Å². The molecule has 1 saturated heterocycles. The molecule has 12 atom stereocenters. The highest BCUT2D eigenvalue weighted by atomic mass is 16.3. The smallest absolute Gasteiger partial charge is 0.246 e. The van der Waals surface area contributed by atoms with Crippen molar-refractivity contribution in [1.29, 1.82) is 0 Å². The van der Waals surface area contributed by atoms with E-state index in [1.165, 1.54) is 87.7 Å². The molecule has 0 saturated carbocycles. The number of nitrogens with zero attached hydrogens (tertiary/aromatic N) is 7. The minimum absolute atomic E-state index is 0.0229. The molecular weight excluding hydrogens is 1090 g/mol. The SMILES string of the molecule is C/C=C/C[C@@H](C)[C@@H](O)C1C(=O)N[C@H](CC)C(=O)N(C)CC(=O)N(C)[C@@H](CC(C)C)C(=O)N[C@H](C(C)C)C(=O)N(C)[C@H](CC(C)C)C(=O)N[C@H](C)C(=O)N[C@@H](C)C(=O)N(C)[C@H](CC(C)C)C(=O)N(C)[C@H](CC(C)C)C(=O)N(C)[C@H](C(C)C)C(=O)N1C. The van der Waals surface area contributed by atoms with Crippen LogP contribution in [-0.4, -0.2) is 227 Å². The van der Waals surface area contributed by atoms with Crippen molar-refractivity contribution < 1.29 is 57.8 Å². The third-order valence-electron chi connectivity index (χ3n) is 16.1. The number of carbonyl (C=O) groups excluding carboxylic acids is 11. The van der Waals surface area contributed by atoms with E-state index in [2.05, 4.69) is 21.3 Å². The summed E-state index contributed by atoms with van der Waals surface area (Å²) in [7, 11) is 9.92. The van der Waals surface area contributed by atoms with Gasteiger partial charge in [0.2, 0.25) is 65.0 Å². The summed E-state index contributed by atoms with van der Waals surface area (Å²) in [5, 5.41) is 23.1. The predicted molar refractivity (Wildman–Crippen MR) is 328 cm³/mol. The Hall–Kier alpha value is -6.13. The van der Waals surface area contributed by atoms with Crippen LogP contribution in [-0.2, 0) is 52.7 Å². The molecule has 23 nitrogen and oxygen atoms in total. The molecule has 0 bridgehead atoms. The van der Waals surface area contributed by atoms with Crippen LogP contribution in [0.1, 0.15) is 156 Å². The van der Waals surface area contributed by atoms with Crippen LogP contribution in [0.3, 0.4) is 0 Å². The van der Waals surface area contributed by atoms with Gasteiger partial charge in [0.05, 0.1) is 12.6 Å². The molecule has 1 aliphatic heterocycles. The minimum atomic E-state index is -1.61. The average molecular weight is 1200 g/mol. The molecule has 1 rings (SSSR count). The number of aliphatic hydroxyl groups is 1. The fraction of sp³-hybridized carbons (Fsp3) is 0.790. The third kappa shape index (κ3) is 21.7. The highest BCUT2D eigenvalue weighted by Gasteiger charge is 2.45. The summed E-state index contributed by atoms with van der Waals surface area (Å²) in [5.41, 5.74) is 0. The lowest BCUT2D eigenvalue weighted by atomic mass is 9.91. The van der Waals surface area contributed by atoms with Gasteiger partial charge in [-0.3, -0.25) is 52.7 Å². The number of aliphatic hydroxyl groups excluding tert-OH is 1. The average Bonchev–Trinajstić information content (AvgIpc) is 3.62. The Kier molecular flexibility index (Phi) is 31.5. The molecular formula is C62H111N11O12. The zero-order valence-electron chi connectivity index (χ0n) is 56.1. The first kappa shape index (κ1) is 76.9. The highest BCUT2D eigenvalue weighted by molar-refractivity contribution is 5.99. The van der Waals surface area contributed by atoms with Gasteiger partial charge in [0.1, 0.15) is 60.4 Å². The molecule has 486 valence electrons. The Morgan fingerprint density at radius 1 is 0.459 bits per heavy atom. The summed E-state index contributed by atoms with van der Waals surface area (Å²) in [4.78, 5) is 169. The monoisotopic (exact) mass is 1200 g/mol. The van der Waals surface area contributed by atoms with Gasteiger partial charge in [-0.15, -0.1) is 0 Å². The van der Waals surface area contributed by atoms with Gasteiger partial charge >= 0.3 is 0 Å². The highest BCUT2D eigenvalue weighted by Crippen LogP contribution is 2.26. The van der Waals surface area contributed by atoms with E-state index in [-0.39, 0.29) is 55.8 Å². The topological polar surface area (TPSA) is 279 Å². The van der Waals surface area contributed by atoms with E-state index in [1.807, 2.05) is 61.5 Å². The van der Waals surface area contributed by atoms with Crippen LogP contribution in [0.5, 0.6) is 0 Å². The molecule has 0 aliphatic carbocycles. The molecule has 1 unspecified atom stereocenters.